The van der Waals surface area contributed by atoms with Gasteiger partial charge in [0.15, 0.2) is 5.96 Å². The van der Waals surface area contributed by atoms with Crippen LogP contribution in [0.15, 0.2) is 33.7 Å². The van der Waals surface area contributed by atoms with E-state index in [-0.39, 0.29) is 6.04 Å². The zero-order valence-corrected chi connectivity index (χ0v) is 18.1. The Morgan fingerprint density at radius 2 is 2.00 bits per heavy atom. The third-order valence-corrected chi connectivity index (χ3v) is 5.35. The van der Waals surface area contributed by atoms with Crippen molar-refractivity contribution < 1.29 is 9.15 Å². The van der Waals surface area contributed by atoms with Gasteiger partial charge in [0.25, 0.3) is 0 Å². The predicted octanol–water partition coefficient (Wildman–Crippen LogP) is 3.07. The van der Waals surface area contributed by atoms with Crippen molar-refractivity contribution in [1.82, 2.24) is 20.5 Å². The van der Waals surface area contributed by atoms with Crippen LogP contribution in [0.25, 0.3) is 0 Å². The van der Waals surface area contributed by atoms with Crippen LogP contribution in [0.4, 0.5) is 0 Å². The van der Waals surface area contributed by atoms with Gasteiger partial charge in [0, 0.05) is 31.2 Å². The minimum Gasteiger partial charge on any atom is -0.444 e. The second-order valence-electron chi connectivity index (χ2n) is 7.01. The first-order valence-corrected chi connectivity index (χ1v) is 10.5. The molecule has 158 valence electrons. The molecular weight excluding hydrogens is 390 g/mol. The number of hydrogen-bond acceptors (Lipinski definition) is 5. The highest BCUT2D eigenvalue weighted by Crippen LogP contribution is 2.27. The maximum atomic E-state index is 6.52. The first-order valence-electron chi connectivity index (χ1n) is 10.1. The van der Waals surface area contributed by atoms with Crippen LogP contribution in [0, 0.1) is 13.8 Å². The van der Waals surface area contributed by atoms with E-state index in [2.05, 4.69) is 31.6 Å². The zero-order chi connectivity index (χ0) is 20.6. The van der Waals surface area contributed by atoms with Gasteiger partial charge < -0.3 is 19.8 Å². The van der Waals surface area contributed by atoms with E-state index in [1.807, 2.05) is 39.0 Å². The summed E-state index contributed by atoms with van der Waals surface area (Å²) in [6, 6.07) is 8.15. The van der Waals surface area contributed by atoms with E-state index in [0.717, 1.165) is 60.8 Å². The summed E-state index contributed by atoms with van der Waals surface area (Å²) in [6.45, 7) is 10.9. The maximum absolute atomic E-state index is 6.52. The quantitative estimate of drug-likeness (QED) is 0.530. The van der Waals surface area contributed by atoms with Crippen LogP contribution >= 0.6 is 11.6 Å². The smallest absolute Gasteiger partial charge is 0.216 e. The Bertz CT molecular complexity index is 798. The van der Waals surface area contributed by atoms with Crippen LogP contribution in [-0.4, -0.2) is 55.2 Å². The molecule has 1 aromatic carbocycles. The van der Waals surface area contributed by atoms with Gasteiger partial charge in [-0.15, -0.1) is 0 Å². The Morgan fingerprint density at radius 1 is 1.24 bits per heavy atom. The third-order valence-electron chi connectivity index (χ3n) is 5.00. The number of morpholine rings is 1. The van der Waals surface area contributed by atoms with Crippen LogP contribution in [0.5, 0.6) is 0 Å². The molecule has 1 fully saturated rings. The molecule has 8 heteroatoms. The first kappa shape index (κ1) is 21.6. The number of hydrogen-bond donors (Lipinski definition) is 2. The number of nitrogens with zero attached hydrogens (tertiary/aromatic N) is 3. The molecule has 2 N–H and O–H groups in total. The fraction of sp³-hybridized carbons (Fsp3) is 0.524. The average Bonchev–Trinajstić information content (AvgIpc) is 3.05. The fourth-order valence-corrected chi connectivity index (χ4v) is 3.62. The molecule has 0 radical (unpaired) electrons. The van der Waals surface area contributed by atoms with E-state index >= 15 is 0 Å². The molecule has 1 aromatic heterocycles. The molecular formula is C21H30ClN5O2. The molecule has 2 heterocycles. The number of ether oxygens (including phenoxy) is 1. The number of aliphatic imine (C=N–C) groups is 1. The number of aryl methyl sites for hydroxylation is 2. The highest BCUT2D eigenvalue weighted by Gasteiger charge is 2.24. The summed E-state index contributed by atoms with van der Waals surface area (Å²) in [5, 5.41) is 7.53. The van der Waals surface area contributed by atoms with Gasteiger partial charge in [-0.3, -0.25) is 4.90 Å². The van der Waals surface area contributed by atoms with Crippen molar-refractivity contribution in [2.45, 2.75) is 33.4 Å². The van der Waals surface area contributed by atoms with E-state index in [4.69, 9.17) is 20.8 Å². The summed E-state index contributed by atoms with van der Waals surface area (Å²) in [4.78, 5) is 11.4. The fourth-order valence-electron chi connectivity index (χ4n) is 3.36. The first-order chi connectivity index (χ1) is 14.1. The van der Waals surface area contributed by atoms with Crippen LogP contribution < -0.4 is 10.6 Å². The predicted molar refractivity (Wildman–Crippen MR) is 115 cm³/mol. The Kier molecular flexibility index (Phi) is 7.91. The van der Waals surface area contributed by atoms with Gasteiger partial charge in [-0.1, -0.05) is 29.8 Å². The second-order valence-corrected chi connectivity index (χ2v) is 7.42. The van der Waals surface area contributed by atoms with Gasteiger partial charge in [0.2, 0.25) is 5.89 Å². The lowest BCUT2D eigenvalue weighted by Gasteiger charge is -2.35. The third kappa shape index (κ3) is 5.95. The number of nitrogens with one attached hydrogen (secondary N) is 2. The molecule has 1 unspecified atom stereocenters. The van der Waals surface area contributed by atoms with Crippen molar-refractivity contribution in [2.24, 2.45) is 4.99 Å². The number of halogens is 1. The van der Waals surface area contributed by atoms with E-state index < -0.39 is 0 Å². The molecule has 0 amide bonds. The number of rotatable bonds is 7. The molecule has 1 aliphatic rings. The normalized spacial score (nSPS) is 16.6. The van der Waals surface area contributed by atoms with Crippen LogP contribution in [-0.2, 0) is 11.3 Å². The molecule has 3 rings (SSSR count). The molecule has 0 bridgehead atoms. The number of guanidine groups is 1. The number of aromatic nitrogens is 1. The molecule has 1 saturated heterocycles. The van der Waals surface area contributed by atoms with Gasteiger partial charge in [-0.2, -0.15) is 0 Å². The van der Waals surface area contributed by atoms with Gasteiger partial charge in [-0.25, -0.2) is 9.98 Å². The lowest BCUT2D eigenvalue weighted by molar-refractivity contribution is 0.0170. The Balaban J connectivity index is 1.72. The minimum absolute atomic E-state index is 0.127. The van der Waals surface area contributed by atoms with Crippen molar-refractivity contribution in [3.8, 4) is 0 Å². The zero-order valence-electron chi connectivity index (χ0n) is 17.4. The lowest BCUT2D eigenvalue weighted by Crippen LogP contribution is -2.46. The monoisotopic (exact) mass is 419 g/mol. The molecule has 2 aromatic rings. The van der Waals surface area contributed by atoms with Crippen molar-refractivity contribution in [1.29, 1.82) is 0 Å². The molecule has 0 aliphatic carbocycles. The summed E-state index contributed by atoms with van der Waals surface area (Å²) in [6.07, 6.45) is 0. The SMILES string of the molecule is CCNC(=NCc1nc(C)c(C)o1)NCC(c1ccccc1Cl)N1CCOCC1. The van der Waals surface area contributed by atoms with Gasteiger partial charge in [0.05, 0.1) is 24.9 Å². The minimum atomic E-state index is 0.127. The topological polar surface area (TPSA) is 74.9 Å². The Morgan fingerprint density at radius 3 is 2.66 bits per heavy atom. The summed E-state index contributed by atoms with van der Waals surface area (Å²) < 4.78 is 11.2. The standard InChI is InChI=1S/C21H30ClN5O2/c1-4-23-21(25-14-20-26-15(2)16(3)29-20)24-13-19(27-9-11-28-12-10-27)17-7-5-6-8-18(17)22/h5-8,19H,4,9-14H2,1-3H3,(H2,23,24,25). The van der Waals surface area contributed by atoms with Crippen LogP contribution in [0.1, 0.15) is 35.9 Å². The van der Waals surface area contributed by atoms with Crippen molar-refractivity contribution in [3.05, 3.63) is 52.2 Å². The number of benzene rings is 1. The van der Waals surface area contributed by atoms with Crippen LogP contribution in [0.2, 0.25) is 5.02 Å². The van der Waals surface area contributed by atoms with Gasteiger partial charge in [-0.05, 0) is 32.4 Å². The molecule has 1 atom stereocenters. The lowest BCUT2D eigenvalue weighted by atomic mass is 10.0. The van der Waals surface area contributed by atoms with Gasteiger partial charge in [0.1, 0.15) is 12.3 Å². The molecule has 1 aliphatic heterocycles. The molecule has 29 heavy (non-hydrogen) atoms. The molecule has 0 saturated carbocycles. The largest absolute Gasteiger partial charge is 0.444 e. The Hall–Kier alpha value is -2.09. The summed E-state index contributed by atoms with van der Waals surface area (Å²) in [5.74, 6) is 2.18. The maximum Gasteiger partial charge on any atom is 0.216 e. The second kappa shape index (κ2) is 10.6. The van der Waals surface area contributed by atoms with E-state index in [1.54, 1.807) is 0 Å². The van der Waals surface area contributed by atoms with Crippen molar-refractivity contribution in [2.75, 3.05) is 39.4 Å². The van der Waals surface area contributed by atoms with Crippen molar-refractivity contribution >= 4 is 17.6 Å². The molecule has 0 spiro atoms. The van der Waals surface area contributed by atoms with Crippen molar-refractivity contribution in [3.63, 3.8) is 0 Å². The molecule has 7 nitrogen and oxygen atoms in total. The Labute approximate surface area is 177 Å². The highest BCUT2D eigenvalue weighted by molar-refractivity contribution is 6.31. The van der Waals surface area contributed by atoms with E-state index in [1.165, 1.54) is 0 Å². The highest BCUT2D eigenvalue weighted by atomic mass is 35.5. The average molecular weight is 420 g/mol. The van der Waals surface area contributed by atoms with E-state index in [9.17, 15) is 0 Å². The van der Waals surface area contributed by atoms with E-state index in [0.29, 0.717) is 19.0 Å². The van der Waals surface area contributed by atoms with Gasteiger partial charge >= 0.3 is 0 Å². The summed E-state index contributed by atoms with van der Waals surface area (Å²) in [5.41, 5.74) is 2.01. The number of oxazole rings is 1. The summed E-state index contributed by atoms with van der Waals surface area (Å²) >= 11 is 6.52. The summed E-state index contributed by atoms with van der Waals surface area (Å²) in [7, 11) is 0. The van der Waals surface area contributed by atoms with Crippen LogP contribution in [0.3, 0.4) is 0 Å².